The van der Waals surface area contributed by atoms with Crippen LogP contribution in [0.4, 0.5) is 0 Å². The summed E-state index contributed by atoms with van der Waals surface area (Å²) in [6, 6.07) is 7.58. The Labute approximate surface area is 108 Å². The standard InChI is InChI=1S/C13H19NO3S/c1-17-8-10-4-2-3-5-12(10)13(14)11-6-7-18(15,16)9-11/h2-5,11,13H,6-9,14H2,1H3. The molecule has 2 unspecified atom stereocenters. The van der Waals surface area contributed by atoms with Crippen LogP contribution in [0.1, 0.15) is 23.6 Å². The first-order chi connectivity index (χ1) is 8.53. The minimum absolute atomic E-state index is 0.0213. The number of hydrogen-bond acceptors (Lipinski definition) is 4. The van der Waals surface area contributed by atoms with Crippen LogP contribution in [0.25, 0.3) is 0 Å². The van der Waals surface area contributed by atoms with Crippen LogP contribution in [0.3, 0.4) is 0 Å². The quantitative estimate of drug-likeness (QED) is 0.893. The summed E-state index contributed by atoms with van der Waals surface area (Å²) >= 11 is 0. The minimum atomic E-state index is -2.88. The zero-order valence-electron chi connectivity index (χ0n) is 10.5. The third kappa shape index (κ3) is 2.91. The second-order valence-corrected chi connectivity index (χ2v) is 7.05. The molecular formula is C13H19NO3S. The first-order valence-electron chi connectivity index (χ1n) is 6.06. The first-order valence-corrected chi connectivity index (χ1v) is 7.88. The highest BCUT2D eigenvalue weighted by atomic mass is 32.2. The van der Waals surface area contributed by atoms with Gasteiger partial charge in [-0.2, -0.15) is 0 Å². The second kappa shape index (κ2) is 5.38. The second-order valence-electron chi connectivity index (χ2n) is 4.82. The first kappa shape index (κ1) is 13.5. The molecule has 1 saturated heterocycles. The van der Waals surface area contributed by atoms with Crippen molar-refractivity contribution in [2.45, 2.75) is 19.1 Å². The van der Waals surface area contributed by atoms with Crippen LogP contribution in [0.5, 0.6) is 0 Å². The Bertz CT molecular complexity index is 513. The summed E-state index contributed by atoms with van der Waals surface area (Å²) in [6.45, 7) is 0.503. The van der Waals surface area contributed by atoms with E-state index in [2.05, 4.69) is 0 Å². The van der Waals surface area contributed by atoms with Crippen molar-refractivity contribution in [1.82, 2.24) is 0 Å². The Morgan fingerprint density at radius 2 is 2.17 bits per heavy atom. The molecule has 1 aliphatic heterocycles. The summed E-state index contributed by atoms with van der Waals surface area (Å²) in [5.74, 6) is 0.487. The van der Waals surface area contributed by atoms with Crippen LogP contribution in [-0.4, -0.2) is 27.0 Å². The van der Waals surface area contributed by atoms with E-state index in [0.717, 1.165) is 11.1 Å². The molecule has 1 fully saturated rings. The fourth-order valence-corrected chi connectivity index (χ4v) is 4.36. The molecule has 0 amide bonds. The molecular weight excluding hydrogens is 250 g/mol. The van der Waals surface area contributed by atoms with Crippen molar-refractivity contribution in [3.8, 4) is 0 Å². The largest absolute Gasteiger partial charge is 0.380 e. The number of methoxy groups -OCH3 is 1. The molecule has 100 valence electrons. The van der Waals surface area contributed by atoms with Crippen LogP contribution in [-0.2, 0) is 21.2 Å². The summed E-state index contributed by atoms with van der Waals surface area (Å²) < 4.78 is 28.2. The van der Waals surface area contributed by atoms with E-state index >= 15 is 0 Å². The third-order valence-electron chi connectivity index (χ3n) is 3.49. The lowest BCUT2D eigenvalue weighted by molar-refractivity contribution is 0.183. The van der Waals surface area contributed by atoms with Crippen LogP contribution in [0.2, 0.25) is 0 Å². The third-order valence-corrected chi connectivity index (χ3v) is 5.28. The molecule has 1 heterocycles. The monoisotopic (exact) mass is 269 g/mol. The lowest BCUT2D eigenvalue weighted by Gasteiger charge is -2.21. The van der Waals surface area contributed by atoms with E-state index in [1.54, 1.807) is 7.11 Å². The van der Waals surface area contributed by atoms with Gasteiger partial charge in [0.05, 0.1) is 18.1 Å². The Kier molecular flexibility index (Phi) is 4.04. The number of benzene rings is 1. The molecule has 2 atom stereocenters. The molecule has 1 aliphatic rings. The maximum atomic E-state index is 11.5. The fourth-order valence-electron chi connectivity index (χ4n) is 2.51. The molecule has 1 aromatic rings. The van der Waals surface area contributed by atoms with Crippen LogP contribution < -0.4 is 5.73 Å². The van der Waals surface area contributed by atoms with Gasteiger partial charge in [-0.1, -0.05) is 24.3 Å². The van der Waals surface area contributed by atoms with E-state index in [1.165, 1.54) is 0 Å². The zero-order chi connectivity index (χ0) is 13.2. The highest BCUT2D eigenvalue weighted by Crippen LogP contribution is 2.31. The predicted octanol–water partition coefficient (Wildman–Crippen LogP) is 1.27. The summed E-state index contributed by atoms with van der Waals surface area (Å²) in [7, 11) is -1.24. The highest BCUT2D eigenvalue weighted by molar-refractivity contribution is 7.91. The number of hydrogen-bond donors (Lipinski definition) is 1. The molecule has 18 heavy (non-hydrogen) atoms. The van der Waals surface area contributed by atoms with Crippen LogP contribution in [0, 0.1) is 5.92 Å². The Balaban J connectivity index is 2.21. The lowest BCUT2D eigenvalue weighted by Crippen LogP contribution is -2.23. The van der Waals surface area contributed by atoms with Gasteiger partial charge in [-0.3, -0.25) is 0 Å². The predicted molar refractivity (Wildman–Crippen MR) is 70.8 cm³/mol. The van der Waals surface area contributed by atoms with E-state index in [9.17, 15) is 8.42 Å². The van der Waals surface area contributed by atoms with E-state index in [-0.39, 0.29) is 23.5 Å². The molecule has 0 aliphatic carbocycles. The van der Waals surface area contributed by atoms with E-state index < -0.39 is 9.84 Å². The van der Waals surface area contributed by atoms with Crippen molar-refractivity contribution in [2.24, 2.45) is 11.7 Å². The van der Waals surface area contributed by atoms with Gasteiger partial charge < -0.3 is 10.5 Å². The van der Waals surface area contributed by atoms with E-state index in [0.29, 0.717) is 13.0 Å². The number of sulfone groups is 1. The maximum Gasteiger partial charge on any atom is 0.150 e. The molecule has 0 bridgehead atoms. The van der Waals surface area contributed by atoms with Crippen molar-refractivity contribution < 1.29 is 13.2 Å². The van der Waals surface area contributed by atoms with Gasteiger partial charge in [0.25, 0.3) is 0 Å². The van der Waals surface area contributed by atoms with Gasteiger partial charge in [-0.15, -0.1) is 0 Å². The van der Waals surface area contributed by atoms with Crippen molar-refractivity contribution in [3.63, 3.8) is 0 Å². The van der Waals surface area contributed by atoms with E-state index in [4.69, 9.17) is 10.5 Å². The number of ether oxygens (including phenoxy) is 1. The van der Waals surface area contributed by atoms with Gasteiger partial charge in [0.15, 0.2) is 9.84 Å². The lowest BCUT2D eigenvalue weighted by atomic mass is 9.90. The normalized spacial score (nSPS) is 24.0. The molecule has 0 radical (unpaired) electrons. The minimum Gasteiger partial charge on any atom is -0.380 e. The molecule has 1 aromatic carbocycles. The van der Waals surface area contributed by atoms with Gasteiger partial charge in [-0.25, -0.2) is 8.42 Å². The molecule has 2 N–H and O–H groups in total. The molecule has 0 spiro atoms. The number of rotatable bonds is 4. The molecule has 0 saturated carbocycles. The van der Waals surface area contributed by atoms with Gasteiger partial charge >= 0.3 is 0 Å². The average Bonchev–Trinajstić information content (AvgIpc) is 2.70. The summed E-state index contributed by atoms with van der Waals surface area (Å²) in [4.78, 5) is 0. The van der Waals surface area contributed by atoms with Crippen molar-refractivity contribution in [2.75, 3.05) is 18.6 Å². The fraction of sp³-hybridized carbons (Fsp3) is 0.538. The van der Waals surface area contributed by atoms with Crippen molar-refractivity contribution in [3.05, 3.63) is 35.4 Å². The Morgan fingerprint density at radius 3 is 2.78 bits per heavy atom. The summed E-state index contributed by atoms with van der Waals surface area (Å²) in [5.41, 5.74) is 8.27. The maximum absolute atomic E-state index is 11.5. The molecule has 0 aromatic heterocycles. The van der Waals surface area contributed by atoms with Gasteiger partial charge in [0, 0.05) is 13.2 Å². The average molecular weight is 269 g/mol. The van der Waals surface area contributed by atoms with Crippen molar-refractivity contribution >= 4 is 9.84 Å². The van der Waals surface area contributed by atoms with Crippen LogP contribution >= 0.6 is 0 Å². The molecule has 4 nitrogen and oxygen atoms in total. The van der Waals surface area contributed by atoms with Crippen LogP contribution in [0.15, 0.2) is 24.3 Å². The zero-order valence-corrected chi connectivity index (χ0v) is 11.3. The SMILES string of the molecule is COCc1ccccc1C(N)C1CCS(=O)(=O)C1. The topological polar surface area (TPSA) is 69.4 Å². The van der Waals surface area contributed by atoms with Gasteiger partial charge in [-0.05, 0) is 23.5 Å². The molecule has 5 heteroatoms. The Morgan fingerprint density at radius 1 is 1.44 bits per heavy atom. The number of nitrogens with two attached hydrogens (primary N) is 1. The Hall–Kier alpha value is -0.910. The summed E-state index contributed by atoms with van der Waals surface area (Å²) in [5, 5.41) is 0. The van der Waals surface area contributed by atoms with E-state index in [1.807, 2.05) is 24.3 Å². The van der Waals surface area contributed by atoms with Gasteiger partial charge in [0.1, 0.15) is 0 Å². The highest BCUT2D eigenvalue weighted by Gasteiger charge is 2.33. The smallest absolute Gasteiger partial charge is 0.150 e. The summed E-state index contributed by atoms with van der Waals surface area (Å²) in [6.07, 6.45) is 0.658. The van der Waals surface area contributed by atoms with Crippen molar-refractivity contribution in [1.29, 1.82) is 0 Å². The molecule has 2 rings (SSSR count). The van der Waals surface area contributed by atoms with Gasteiger partial charge in [0.2, 0.25) is 0 Å².